The van der Waals surface area contributed by atoms with Crippen molar-refractivity contribution in [2.45, 2.75) is 6.92 Å². The van der Waals surface area contributed by atoms with Crippen LogP contribution in [0.2, 0.25) is 5.15 Å². The molecule has 2 heterocycles. The van der Waals surface area contributed by atoms with Crippen LogP contribution in [0.3, 0.4) is 0 Å². The van der Waals surface area contributed by atoms with Crippen molar-refractivity contribution in [3.63, 3.8) is 0 Å². The van der Waals surface area contributed by atoms with E-state index in [1.54, 1.807) is 6.92 Å². The van der Waals surface area contributed by atoms with Crippen molar-refractivity contribution in [2.24, 2.45) is 0 Å². The maximum Gasteiger partial charge on any atom is 0.296 e. The van der Waals surface area contributed by atoms with E-state index in [0.717, 1.165) is 0 Å². The van der Waals surface area contributed by atoms with Crippen molar-refractivity contribution < 1.29 is 9.32 Å². The largest absolute Gasteiger partial charge is 0.351 e. The molecule has 0 unspecified atom stereocenters. The van der Waals surface area contributed by atoms with E-state index in [2.05, 4.69) is 20.4 Å². The number of nitrogens with one attached hydrogen (secondary N) is 1. The molecule has 6 nitrogen and oxygen atoms in total. The van der Waals surface area contributed by atoms with Gasteiger partial charge in [0.2, 0.25) is 11.7 Å². The molecule has 0 spiro atoms. The van der Waals surface area contributed by atoms with Gasteiger partial charge in [-0.1, -0.05) is 16.8 Å². The van der Waals surface area contributed by atoms with Gasteiger partial charge >= 0.3 is 0 Å². The topological polar surface area (TPSA) is 80.9 Å². The number of aromatic nitrogens is 3. The minimum atomic E-state index is -0.461. The van der Waals surface area contributed by atoms with Crippen LogP contribution in [0, 0.1) is 6.92 Å². The molecular formula is C9H7ClN4O2. The van der Waals surface area contributed by atoms with Crippen LogP contribution in [-0.4, -0.2) is 21.0 Å². The number of amides is 1. The molecule has 2 aromatic heterocycles. The minimum absolute atomic E-state index is 0.119. The van der Waals surface area contributed by atoms with Crippen molar-refractivity contribution in [3.05, 3.63) is 34.9 Å². The van der Waals surface area contributed by atoms with E-state index in [1.807, 2.05) is 0 Å². The van der Waals surface area contributed by atoms with Gasteiger partial charge in [0.25, 0.3) is 5.91 Å². The molecule has 0 radical (unpaired) electrons. The SMILES string of the molecule is Cc1cnoc1C(=O)Nc1nccc(Cl)n1. The summed E-state index contributed by atoms with van der Waals surface area (Å²) in [5.74, 6) is -0.214. The van der Waals surface area contributed by atoms with Crippen LogP contribution in [0.25, 0.3) is 0 Å². The van der Waals surface area contributed by atoms with Gasteiger partial charge in [-0.3, -0.25) is 10.1 Å². The van der Waals surface area contributed by atoms with Gasteiger partial charge in [0.05, 0.1) is 6.20 Å². The summed E-state index contributed by atoms with van der Waals surface area (Å²) in [6.45, 7) is 1.71. The second-order valence-electron chi connectivity index (χ2n) is 3.00. The molecule has 0 saturated heterocycles. The molecule has 0 aliphatic heterocycles. The Balaban J connectivity index is 2.17. The number of carbonyl (C=O) groups excluding carboxylic acids is 1. The van der Waals surface area contributed by atoms with Crippen molar-refractivity contribution >= 4 is 23.5 Å². The highest BCUT2D eigenvalue weighted by Crippen LogP contribution is 2.10. The molecule has 0 aromatic carbocycles. The van der Waals surface area contributed by atoms with Gasteiger partial charge in [-0.15, -0.1) is 0 Å². The summed E-state index contributed by atoms with van der Waals surface area (Å²) in [7, 11) is 0. The number of carbonyl (C=O) groups is 1. The third kappa shape index (κ3) is 2.17. The lowest BCUT2D eigenvalue weighted by Crippen LogP contribution is -2.14. The summed E-state index contributed by atoms with van der Waals surface area (Å²) >= 11 is 5.65. The molecule has 2 rings (SSSR count). The van der Waals surface area contributed by atoms with Gasteiger partial charge in [-0.25, -0.2) is 9.97 Å². The minimum Gasteiger partial charge on any atom is -0.351 e. The predicted molar refractivity (Wildman–Crippen MR) is 56.2 cm³/mol. The number of rotatable bonds is 2. The molecule has 16 heavy (non-hydrogen) atoms. The molecule has 1 amide bonds. The van der Waals surface area contributed by atoms with Crippen LogP contribution < -0.4 is 5.32 Å². The summed E-state index contributed by atoms with van der Waals surface area (Å²) in [6, 6.07) is 1.51. The molecule has 0 bridgehead atoms. The maximum atomic E-state index is 11.6. The Bertz CT molecular complexity index is 526. The first kappa shape index (κ1) is 10.6. The fourth-order valence-corrected chi connectivity index (χ4v) is 1.20. The summed E-state index contributed by atoms with van der Waals surface area (Å²) < 4.78 is 4.78. The van der Waals surface area contributed by atoms with Crippen LogP contribution in [0.5, 0.6) is 0 Å². The summed E-state index contributed by atoms with van der Waals surface area (Å²) in [6.07, 6.45) is 2.89. The molecule has 7 heteroatoms. The second-order valence-corrected chi connectivity index (χ2v) is 3.38. The Labute approximate surface area is 95.6 Å². The molecule has 0 aliphatic carbocycles. The average molecular weight is 239 g/mol. The van der Waals surface area contributed by atoms with Crippen molar-refractivity contribution in [3.8, 4) is 0 Å². The number of anilines is 1. The van der Waals surface area contributed by atoms with Crippen molar-refractivity contribution in [2.75, 3.05) is 5.32 Å². The zero-order chi connectivity index (χ0) is 11.5. The van der Waals surface area contributed by atoms with E-state index in [-0.39, 0.29) is 16.9 Å². The Morgan fingerprint density at radius 1 is 1.56 bits per heavy atom. The first-order valence-electron chi connectivity index (χ1n) is 4.38. The zero-order valence-corrected chi connectivity index (χ0v) is 9.02. The number of nitrogens with zero attached hydrogens (tertiary/aromatic N) is 3. The standard InChI is InChI=1S/C9H7ClN4O2/c1-5-4-12-16-7(5)8(15)14-9-11-3-2-6(10)13-9/h2-4H,1H3,(H,11,13,14,15). The molecular weight excluding hydrogens is 232 g/mol. The molecule has 0 saturated carbocycles. The first-order chi connectivity index (χ1) is 7.66. The second kappa shape index (κ2) is 4.28. The van der Waals surface area contributed by atoms with Crippen LogP contribution in [0.4, 0.5) is 5.95 Å². The zero-order valence-electron chi connectivity index (χ0n) is 8.27. The van der Waals surface area contributed by atoms with Gasteiger partial charge in [0.15, 0.2) is 0 Å². The van der Waals surface area contributed by atoms with Crippen molar-refractivity contribution in [1.82, 2.24) is 15.1 Å². The maximum absolute atomic E-state index is 11.6. The normalized spacial score (nSPS) is 10.1. The van der Waals surface area contributed by atoms with Gasteiger partial charge in [0.1, 0.15) is 5.15 Å². The quantitative estimate of drug-likeness (QED) is 0.805. The van der Waals surface area contributed by atoms with Gasteiger partial charge < -0.3 is 4.52 Å². The van der Waals surface area contributed by atoms with Crippen LogP contribution >= 0.6 is 11.6 Å². The highest BCUT2D eigenvalue weighted by molar-refractivity contribution is 6.29. The summed E-state index contributed by atoms with van der Waals surface area (Å²) in [5, 5.41) is 6.20. The van der Waals surface area contributed by atoms with E-state index >= 15 is 0 Å². The third-order valence-corrected chi connectivity index (χ3v) is 2.01. The van der Waals surface area contributed by atoms with Gasteiger partial charge in [-0.2, -0.15) is 0 Å². The van der Waals surface area contributed by atoms with Gasteiger partial charge in [0, 0.05) is 11.8 Å². The summed E-state index contributed by atoms with van der Waals surface area (Å²) in [4.78, 5) is 19.3. The predicted octanol–water partition coefficient (Wildman–Crippen LogP) is 1.68. The highest BCUT2D eigenvalue weighted by atomic mass is 35.5. The smallest absolute Gasteiger partial charge is 0.296 e. The van der Waals surface area contributed by atoms with E-state index in [0.29, 0.717) is 5.56 Å². The average Bonchev–Trinajstić information content (AvgIpc) is 2.64. The van der Waals surface area contributed by atoms with Gasteiger partial charge in [-0.05, 0) is 13.0 Å². The first-order valence-corrected chi connectivity index (χ1v) is 4.76. The molecule has 1 N–H and O–H groups in total. The number of halogens is 1. The Kier molecular flexibility index (Phi) is 2.82. The molecule has 0 atom stereocenters. The van der Waals surface area contributed by atoms with E-state index in [4.69, 9.17) is 16.1 Å². The Morgan fingerprint density at radius 3 is 3.00 bits per heavy atom. The molecule has 0 aliphatic rings. The highest BCUT2D eigenvalue weighted by Gasteiger charge is 2.15. The fourth-order valence-electron chi connectivity index (χ4n) is 1.06. The lowest BCUT2D eigenvalue weighted by molar-refractivity contribution is 0.0986. The fraction of sp³-hybridized carbons (Fsp3) is 0.111. The third-order valence-electron chi connectivity index (χ3n) is 1.80. The Morgan fingerprint density at radius 2 is 2.38 bits per heavy atom. The summed E-state index contributed by atoms with van der Waals surface area (Å²) in [5.41, 5.74) is 0.638. The molecule has 82 valence electrons. The van der Waals surface area contributed by atoms with Crippen LogP contribution in [0.15, 0.2) is 23.0 Å². The number of hydrogen-bond acceptors (Lipinski definition) is 5. The van der Waals surface area contributed by atoms with Crippen molar-refractivity contribution in [1.29, 1.82) is 0 Å². The van der Waals surface area contributed by atoms with E-state index in [1.165, 1.54) is 18.5 Å². The monoisotopic (exact) mass is 238 g/mol. The Hall–Kier alpha value is -1.95. The lowest BCUT2D eigenvalue weighted by atomic mass is 10.3. The molecule has 2 aromatic rings. The van der Waals surface area contributed by atoms with Crippen LogP contribution in [0.1, 0.15) is 16.1 Å². The van der Waals surface area contributed by atoms with E-state index < -0.39 is 5.91 Å². The lowest BCUT2D eigenvalue weighted by Gasteiger charge is -2.00. The molecule has 0 fully saturated rings. The number of hydrogen-bond donors (Lipinski definition) is 1. The van der Waals surface area contributed by atoms with E-state index in [9.17, 15) is 4.79 Å². The number of aryl methyl sites for hydroxylation is 1. The van der Waals surface area contributed by atoms with Crippen LogP contribution in [-0.2, 0) is 0 Å².